The quantitative estimate of drug-likeness (QED) is 0.415. The fourth-order valence-corrected chi connectivity index (χ4v) is 3.82. The summed E-state index contributed by atoms with van der Waals surface area (Å²) in [4.78, 5) is 30.2. The fourth-order valence-electron chi connectivity index (χ4n) is 3.82. The summed E-state index contributed by atoms with van der Waals surface area (Å²) in [7, 11) is 0. The van der Waals surface area contributed by atoms with Crippen LogP contribution in [0.25, 0.3) is 10.9 Å². The number of halogens is 2. The number of nitrogens with zero attached hydrogens (tertiary/aromatic N) is 1. The number of carbonyl (C=O) groups is 1. The number of para-hydroxylation sites is 1. The normalized spacial score (nSPS) is 10.9. The molecule has 0 aliphatic heterocycles. The van der Waals surface area contributed by atoms with Crippen LogP contribution in [0.1, 0.15) is 22.3 Å². The lowest BCUT2D eigenvalue weighted by Gasteiger charge is -2.23. The first-order valence-corrected chi connectivity index (χ1v) is 10.5. The van der Waals surface area contributed by atoms with E-state index in [2.05, 4.69) is 10.3 Å². The molecule has 4 aromatic rings. The van der Waals surface area contributed by atoms with E-state index in [1.807, 2.05) is 26.0 Å². The Labute approximate surface area is 189 Å². The molecule has 5 nitrogen and oxygen atoms in total. The van der Waals surface area contributed by atoms with Gasteiger partial charge in [0.05, 0.1) is 17.7 Å². The first-order chi connectivity index (χ1) is 15.8. The maximum atomic E-state index is 14.1. The predicted octanol–water partition coefficient (Wildman–Crippen LogP) is 5.66. The number of urea groups is 1. The molecule has 0 aliphatic carbocycles. The number of aryl methyl sites for hydroxylation is 2. The Bertz CT molecular complexity index is 1380. The van der Waals surface area contributed by atoms with E-state index in [1.54, 1.807) is 24.3 Å². The van der Waals surface area contributed by atoms with Crippen molar-refractivity contribution < 1.29 is 13.6 Å². The topological polar surface area (TPSA) is 65.2 Å². The van der Waals surface area contributed by atoms with Crippen molar-refractivity contribution in [3.05, 3.63) is 111 Å². The highest BCUT2D eigenvalue weighted by Crippen LogP contribution is 2.20. The summed E-state index contributed by atoms with van der Waals surface area (Å²) in [6.45, 7) is 3.98. The highest BCUT2D eigenvalue weighted by atomic mass is 19.1. The third-order valence-electron chi connectivity index (χ3n) is 5.42. The standard InChI is InChI=1S/C26H23F2N3O2/c1-16-11-17(2)24-19(12-16)13-20(25(32)30-24)15-31(14-18-7-9-21(27)10-8-18)26(33)29-23-6-4-3-5-22(23)28/h3-13H,14-15H2,1-2H3,(H,29,33)(H,30,32). The zero-order valence-corrected chi connectivity index (χ0v) is 18.3. The highest BCUT2D eigenvalue weighted by molar-refractivity contribution is 5.89. The van der Waals surface area contributed by atoms with Crippen LogP contribution in [0.4, 0.5) is 19.3 Å². The van der Waals surface area contributed by atoms with Crippen molar-refractivity contribution in [3.63, 3.8) is 0 Å². The lowest BCUT2D eigenvalue weighted by molar-refractivity contribution is 0.206. The molecule has 2 amide bonds. The van der Waals surface area contributed by atoms with Gasteiger partial charge in [-0.1, -0.05) is 35.9 Å². The van der Waals surface area contributed by atoms with Gasteiger partial charge < -0.3 is 15.2 Å². The third kappa shape index (κ3) is 5.09. The molecule has 1 aromatic heterocycles. The number of amides is 2. The Morgan fingerprint density at radius 2 is 1.70 bits per heavy atom. The van der Waals surface area contributed by atoms with Gasteiger partial charge in [0.2, 0.25) is 0 Å². The average Bonchev–Trinajstić information content (AvgIpc) is 2.77. The molecular formula is C26H23F2N3O2. The van der Waals surface area contributed by atoms with E-state index in [0.29, 0.717) is 11.1 Å². The molecule has 0 atom stereocenters. The molecule has 0 saturated heterocycles. The SMILES string of the molecule is Cc1cc(C)c2[nH]c(=O)c(CN(Cc3ccc(F)cc3)C(=O)Nc3ccccc3F)cc2c1. The zero-order valence-electron chi connectivity index (χ0n) is 18.3. The molecule has 33 heavy (non-hydrogen) atoms. The van der Waals surface area contributed by atoms with Crippen molar-refractivity contribution in [1.29, 1.82) is 0 Å². The van der Waals surface area contributed by atoms with Gasteiger partial charge in [-0.2, -0.15) is 0 Å². The fraction of sp³-hybridized carbons (Fsp3) is 0.154. The maximum absolute atomic E-state index is 14.1. The average molecular weight is 447 g/mol. The van der Waals surface area contributed by atoms with Crippen LogP contribution in [0.15, 0.2) is 71.5 Å². The second-order valence-corrected chi connectivity index (χ2v) is 8.06. The van der Waals surface area contributed by atoms with E-state index in [1.165, 1.54) is 35.2 Å². The van der Waals surface area contributed by atoms with Crippen molar-refractivity contribution in [2.45, 2.75) is 26.9 Å². The molecule has 0 saturated carbocycles. The molecule has 7 heteroatoms. The molecule has 0 aliphatic rings. The molecule has 0 spiro atoms. The summed E-state index contributed by atoms with van der Waals surface area (Å²) in [5, 5.41) is 3.42. The molecule has 0 radical (unpaired) electrons. The van der Waals surface area contributed by atoms with Crippen LogP contribution in [-0.4, -0.2) is 15.9 Å². The molecule has 1 heterocycles. The van der Waals surface area contributed by atoms with Gasteiger partial charge in [-0.25, -0.2) is 13.6 Å². The van der Waals surface area contributed by atoms with E-state index >= 15 is 0 Å². The Kier molecular flexibility index (Phi) is 6.22. The number of carbonyl (C=O) groups excluding carboxylic acids is 1. The molecule has 4 rings (SSSR count). The van der Waals surface area contributed by atoms with Crippen LogP contribution in [0.2, 0.25) is 0 Å². The number of fused-ring (bicyclic) bond motifs is 1. The molecule has 0 unspecified atom stereocenters. The minimum atomic E-state index is -0.579. The number of aromatic amines is 1. The van der Waals surface area contributed by atoms with Gasteiger partial charge in [-0.05, 0) is 66.8 Å². The van der Waals surface area contributed by atoms with E-state index in [9.17, 15) is 18.4 Å². The number of hydrogen-bond donors (Lipinski definition) is 2. The predicted molar refractivity (Wildman–Crippen MR) is 125 cm³/mol. The van der Waals surface area contributed by atoms with Gasteiger partial charge in [0.1, 0.15) is 11.6 Å². The summed E-state index contributed by atoms with van der Waals surface area (Å²) in [5.74, 6) is -0.958. The Morgan fingerprint density at radius 1 is 0.970 bits per heavy atom. The van der Waals surface area contributed by atoms with Gasteiger partial charge in [0.15, 0.2) is 0 Å². The van der Waals surface area contributed by atoms with Crippen LogP contribution < -0.4 is 10.9 Å². The van der Waals surface area contributed by atoms with Gasteiger partial charge >= 0.3 is 6.03 Å². The molecule has 3 aromatic carbocycles. The van der Waals surface area contributed by atoms with Gasteiger partial charge in [-0.15, -0.1) is 0 Å². The Morgan fingerprint density at radius 3 is 2.42 bits per heavy atom. The Hall–Kier alpha value is -4.00. The molecular weight excluding hydrogens is 424 g/mol. The van der Waals surface area contributed by atoms with Crippen LogP contribution in [0, 0.1) is 25.5 Å². The number of nitrogens with one attached hydrogen (secondary N) is 2. The summed E-state index contributed by atoms with van der Waals surface area (Å²) < 4.78 is 27.4. The van der Waals surface area contributed by atoms with Crippen LogP contribution in [-0.2, 0) is 13.1 Å². The highest BCUT2D eigenvalue weighted by Gasteiger charge is 2.18. The third-order valence-corrected chi connectivity index (χ3v) is 5.42. The number of hydrogen-bond acceptors (Lipinski definition) is 2. The van der Waals surface area contributed by atoms with E-state index in [-0.39, 0.29) is 24.3 Å². The van der Waals surface area contributed by atoms with E-state index < -0.39 is 17.7 Å². The van der Waals surface area contributed by atoms with Crippen molar-refractivity contribution >= 4 is 22.6 Å². The largest absolute Gasteiger partial charge is 0.322 e. The van der Waals surface area contributed by atoms with Crippen molar-refractivity contribution in [1.82, 2.24) is 9.88 Å². The number of benzene rings is 3. The van der Waals surface area contributed by atoms with Crippen LogP contribution in [0.5, 0.6) is 0 Å². The van der Waals surface area contributed by atoms with Gasteiger partial charge in [0.25, 0.3) is 5.56 Å². The van der Waals surface area contributed by atoms with Crippen molar-refractivity contribution in [2.75, 3.05) is 5.32 Å². The van der Waals surface area contributed by atoms with E-state index in [4.69, 9.17) is 0 Å². The minimum absolute atomic E-state index is 0.0179. The zero-order chi connectivity index (χ0) is 23.5. The van der Waals surface area contributed by atoms with E-state index in [0.717, 1.165) is 22.0 Å². The maximum Gasteiger partial charge on any atom is 0.322 e. The van der Waals surface area contributed by atoms with Crippen LogP contribution >= 0.6 is 0 Å². The number of H-pyrrole nitrogens is 1. The van der Waals surface area contributed by atoms with Crippen LogP contribution in [0.3, 0.4) is 0 Å². The second-order valence-electron chi connectivity index (χ2n) is 8.06. The first-order valence-electron chi connectivity index (χ1n) is 10.5. The second kappa shape index (κ2) is 9.24. The number of pyridine rings is 1. The first kappa shape index (κ1) is 22.2. The van der Waals surface area contributed by atoms with Gasteiger partial charge in [0, 0.05) is 12.1 Å². The lowest BCUT2D eigenvalue weighted by Crippen LogP contribution is -2.36. The smallest absolute Gasteiger partial charge is 0.321 e. The Balaban J connectivity index is 1.69. The van der Waals surface area contributed by atoms with Gasteiger partial charge in [-0.3, -0.25) is 4.79 Å². The number of anilines is 1. The summed E-state index contributed by atoms with van der Waals surface area (Å²) in [5.41, 5.74) is 3.53. The van der Waals surface area contributed by atoms with Crippen molar-refractivity contribution in [2.24, 2.45) is 0 Å². The summed E-state index contributed by atoms with van der Waals surface area (Å²) in [6.07, 6.45) is 0. The molecule has 0 bridgehead atoms. The monoisotopic (exact) mass is 447 g/mol. The lowest BCUT2D eigenvalue weighted by atomic mass is 10.0. The molecule has 2 N–H and O–H groups in total. The number of aromatic nitrogens is 1. The number of rotatable bonds is 5. The minimum Gasteiger partial charge on any atom is -0.321 e. The molecule has 0 fully saturated rings. The summed E-state index contributed by atoms with van der Waals surface area (Å²) >= 11 is 0. The molecule has 168 valence electrons. The summed E-state index contributed by atoms with van der Waals surface area (Å²) in [6, 6.07) is 16.7. The van der Waals surface area contributed by atoms with Crippen molar-refractivity contribution in [3.8, 4) is 0 Å².